The predicted molar refractivity (Wildman–Crippen MR) is 51.5 cm³/mol. The number of carbonyl (C=O) groups excluding carboxylic acids is 1. The average molecular weight is 199 g/mol. The van der Waals surface area contributed by atoms with E-state index in [1.165, 1.54) is 4.90 Å². The summed E-state index contributed by atoms with van der Waals surface area (Å²) < 4.78 is 0. The molecule has 1 unspecified atom stereocenters. The minimum absolute atomic E-state index is 0.130. The zero-order valence-corrected chi connectivity index (χ0v) is 8.32. The van der Waals surface area contributed by atoms with E-state index in [0.717, 1.165) is 5.56 Å². The number of alkyl halides is 1. The highest BCUT2D eigenvalue weighted by Gasteiger charge is 2.18. The van der Waals surface area contributed by atoms with Crippen molar-refractivity contribution in [2.45, 2.75) is 5.38 Å². The first-order valence-corrected chi connectivity index (χ1v) is 4.31. The molecule has 0 aromatic carbocycles. The Morgan fingerprint density at radius 1 is 1.62 bits per heavy atom. The second-order valence-electron chi connectivity index (χ2n) is 2.88. The van der Waals surface area contributed by atoms with E-state index in [9.17, 15) is 4.79 Å². The van der Waals surface area contributed by atoms with Crippen LogP contribution in [0, 0.1) is 0 Å². The van der Waals surface area contributed by atoms with Crippen molar-refractivity contribution in [1.82, 2.24) is 9.88 Å². The molecule has 0 aliphatic heterocycles. The fourth-order valence-corrected chi connectivity index (χ4v) is 1.22. The lowest BCUT2D eigenvalue weighted by molar-refractivity contribution is -0.128. The van der Waals surface area contributed by atoms with Crippen molar-refractivity contribution in [3.63, 3.8) is 0 Å². The van der Waals surface area contributed by atoms with Crippen LogP contribution in [0.4, 0.5) is 0 Å². The molecule has 0 bridgehead atoms. The molecule has 1 heterocycles. The van der Waals surface area contributed by atoms with E-state index in [4.69, 9.17) is 11.6 Å². The molecule has 1 aromatic heterocycles. The highest BCUT2D eigenvalue weighted by molar-refractivity contribution is 6.30. The van der Waals surface area contributed by atoms with Crippen LogP contribution >= 0.6 is 11.6 Å². The number of nitrogens with zero attached hydrogens (tertiary/aromatic N) is 2. The molecule has 13 heavy (non-hydrogen) atoms. The zero-order chi connectivity index (χ0) is 9.84. The minimum Gasteiger partial charge on any atom is -0.347 e. The Labute approximate surface area is 82.3 Å². The lowest BCUT2D eigenvalue weighted by Crippen LogP contribution is -2.25. The molecule has 1 rings (SSSR count). The van der Waals surface area contributed by atoms with Crippen molar-refractivity contribution < 1.29 is 4.79 Å². The smallest absolute Gasteiger partial charge is 0.244 e. The van der Waals surface area contributed by atoms with Crippen molar-refractivity contribution in [3.8, 4) is 0 Å². The molecule has 0 aliphatic rings. The summed E-state index contributed by atoms with van der Waals surface area (Å²) >= 11 is 5.92. The number of rotatable bonds is 2. The van der Waals surface area contributed by atoms with Gasteiger partial charge in [0.15, 0.2) is 0 Å². The third-order valence-electron chi connectivity index (χ3n) is 1.63. The lowest BCUT2D eigenvalue weighted by Gasteiger charge is -2.14. The molecule has 70 valence electrons. The molecular formula is C9H11ClN2O. The summed E-state index contributed by atoms with van der Waals surface area (Å²) in [4.78, 5) is 16.8. The van der Waals surface area contributed by atoms with Gasteiger partial charge >= 0.3 is 0 Å². The molecule has 3 nitrogen and oxygen atoms in total. The summed E-state index contributed by atoms with van der Waals surface area (Å²) in [5, 5.41) is -0.635. The van der Waals surface area contributed by atoms with Gasteiger partial charge < -0.3 is 4.90 Å². The van der Waals surface area contributed by atoms with Gasteiger partial charge in [-0.2, -0.15) is 0 Å². The Kier molecular flexibility index (Phi) is 3.25. The van der Waals surface area contributed by atoms with Gasteiger partial charge in [-0.15, -0.1) is 11.6 Å². The third-order valence-corrected chi connectivity index (χ3v) is 2.07. The van der Waals surface area contributed by atoms with Crippen LogP contribution in [0.5, 0.6) is 0 Å². The van der Waals surface area contributed by atoms with Gasteiger partial charge in [-0.25, -0.2) is 0 Å². The van der Waals surface area contributed by atoms with E-state index < -0.39 is 5.38 Å². The first kappa shape index (κ1) is 9.99. The SMILES string of the molecule is CN(C)C(=O)C(Cl)c1cccnc1. The maximum absolute atomic E-state index is 11.4. The van der Waals surface area contributed by atoms with Crippen LogP contribution in [0.15, 0.2) is 24.5 Å². The second-order valence-corrected chi connectivity index (χ2v) is 3.32. The fraction of sp³-hybridized carbons (Fsp3) is 0.333. The summed E-state index contributed by atoms with van der Waals surface area (Å²) in [6.07, 6.45) is 3.24. The van der Waals surface area contributed by atoms with E-state index in [2.05, 4.69) is 4.98 Å². The number of amides is 1. The van der Waals surface area contributed by atoms with E-state index in [-0.39, 0.29) is 5.91 Å². The second kappa shape index (κ2) is 4.23. The van der Waals surface area contributed by atoms with Crippen molar-refractivity contribution in [3.05, 3.63) is 30.1 Å². The van der Waals surface area contributed by atoms with Gasteiger partial charge in [0.1, 0.15) is 5.38 Å². The molecule has 0 spiro atoms. The van der Waals surface area contributed by atoms with Crippen LogP contribution < -0.4 is 0 Å². The highest BCUT2D eigenvalue weighted by atomic mass is 35.5. The minimum atomic E-state index is -0.635. The van der Waals surface area contributed by atoms with Crippen LogP contribution in [0.1, 0.15) is 10.9 Å². The summed E-state index contributed by atoms with van der Waals surface area (Å²) in [6, 6.07) is 3.54. The molecule has 0 aliphatic carbocycles. The van der Waals surface area contributed by atoms with Crippen LogP contribution in [-0.4, -0.2) is 29.9 Å². The summed E-state index contributed by atoms with van der Waals surface area (Å²) in [5.74, 6) is -0.130. The summed E-state index contributed by atoms with van der Waals surface area (Å²) in [5.41, 5.74) is 0.725. The Hall–Kier alpha value is -1.09. The maximum Gasteiger partial charge on any atom is 0.244 e. The summed E-state index contributed by atoms with van der Waals surface area (Å²) in [7, 11) is 3.35. The fourth-order valence-electron chi connectivity index (χ4n) is 0.895. The standard InChI is InChI=1S/C9H11ClN2O/c1-12(2)9(13)8(10)7-4-3-5-11-6-7/h3-6,8H,1-2H3. The Balaban J connectivity index is 2.80. The van der Waals surface area contributed by atoms with Gasteiger partial charge in [0.25, 0.3) is 0 Å². The first-order chi connectivity index (χ1) is 6.13. The number of carbonyl (C=O) groups is 1. The number of hydrogen-bond acceptors (Lipinski definition) is 2. The lowest BCUT2D eigenvalue weighted by atomic mass is 10.2. The molecular weight excluding hydrogens is 188 g/mol. The van der Waals surface area contributed by atoms with Crippen LogP contribution in [0.25, 0.3) is 0 Å². The first-order valence-electron chi connectivity index (χ1n) is 3.88. The van der Waals surface area contributed by atoms with E-state index in [1.54, 1.807) is 38.6 Å². The molecule has 0 saturated heterocycles. The zero-order valence-electron chi connectivity index (χ0n) is 7.57. The van der Waals surface area contributed by atoms with Gasteiger partial charge in [0, 0.05) is 26.5 Å². The third kappa shape index (κ3) is 2.42. The van der Waals surface area contributed by atoms with Gasteiger partial charge in [-0.1, -0.05) is 6.07 Å². The topological polar surface area (TPSA) is 33.2 Å². The Bertz CT molecular complexity index is 287. The summed E-state index contributed by atoms with van der Waals surface area (Å²) in [6.45, 7) is 0. The number of hydrogen-bond donors (Lipinski definition) is 0. The van der Waals surface area contributed by atoms with E-state index >= 15 is 0 Å². The molecule has 1 amide bonds. The largest absolute Gasteiger partial charge is 0.347 e. The number of likely N-dealkylation sites (N-methyl/N-ethyl adjacent to an activating group) is 1. The number of pyridine rings is 1. The molecule has 1 aromatic rings. The van der Waals surface area contributed by atoms with Crippen molar-refractivity contribution in [2.75, 3.05) is 14.1 Å². The van der Waals surface area contributed by atoms with Crippen molar-refractivity contribution in [1.29, 1.82) is 0 Å². The van der Waals surface area contributed by atoms with E-state index in [0.29, 0.717) is 0 Å². The predicted octanol–water partition coefficient (Wildman–Crippen LogP) is 1.45. The maximum atomic E-state index is 11.4. The van der Waals surface area contributed by atoms with Crippen molar-refractivity contribution in [2.24, 2.45) is 0 Å². The van der Waals surface area contributed by atoms with Crippen LogP contribution in [-0.2, 0) is 4.79 Å². The quantitative estimate of drug-likeness (QED) is 0.674. The molecule has 0 fully saturated rings. The normalized spacial score (nSPS) is 12.2. The van der Waals surface area contributed by atoms with Crippen LogP contribution in [0.2, 0.25) is 0 Å². The molecule has 0 saturated carbocycles. The monoisotopic (exact) mass is 198 g/mol. The van der Waals surface area contributed by atoms with Gasteiger partial charge in [0.05, 0.1) is 0 Å². The molecule has 4 heteroatoms. The Morgan fingerprint density at radius 2 is 2.31 bits per heavy atom. The average Bonchev–Trinajstić information content (AvgIpc) is 2.17. The Morgan fingerprint density at radius 3 is 2.77 bits per heavy atom. The van der Waals surface area contributed by atoms with Gasteiger partial charge in [-0.05, 0) is 11.6 Å². The molecule has 1 atom stereocenters. The van der Waals surface area contributed by atoms with Gasteiger partial charge in [-0.3, -0.25) is 9.78 Å². The number of halogens is 1. The van der Waals surface area contributed by atoms with Crippen LogP contribution in [0.3, 0.4) is 0 Å². The molecule has 0 radical (unpaired) electrons. The van der Waals surface area contributed by atoms with Crippen molar-refractivity contribution >= 4 is 17.5 Å². The highest BCUT2D eigenvalue weighted by Crippen LogP contribution is 2.20. The van der Waals surface area contributed by atoms with Gasteiger partial charge in [0.2, 0.25) is 5.91 Å². The number of aromatic nitrogens is 1. The molecule has 0 N–H and O–H groups in total. The van der Waals surface area contributed by atoms with E-state index in [1.807, 2.05) is 0 Å².